The summed E-state index contributed by atoms with van der Waals surface area (Å²) >= 11 is 0. The van der Waals surface area contributed by atoms with Crippen molar-refractivity contribution in [3.63, 3.8) is 0 Å². The van der Waals surface area contributed by atoms with Crippen LogP contribution in [0, 0.1) is 12.7 Å². The first-order chi connectivity index (χ1) is 13.5. The highest BCUT2D eigenvalue weighted by molar-refractivity contribution is 6.02. The molecule has 0 bridgehead atoms. The Hall–Kier alpha value is -3.29. The fourth-order valence-electron chi connectivity index (χ4n) is 3.31. The average molecular weight is 385 g/mol. The van der Waals surface area contributed by atoms with E-state index in [1.807, 2.05) is 0 Å². The molecule has 2 heterocycles. The number of carbonyl (C=O) groups excluding carboxylic acids is 2. The first-order valence-electron chi connectivity index (χ1n) is 9.06. The molecule has 1 fully saturated rings. The van der Waals surface area contributed by atoms with Gasteiger partial charge in [-0.2, -0.15) is 0 Å². The molecule has 2 aliphatic rings. The number of benzene rings is 2. The molecule has 0 aliphatic carbocycles. The second kappa shape index (κ2) is 7.38. The van der Waals surface area contributed by atoms with Crippen LogP contribution >= 0.6 is 0 Å². The predicted molar refractivity (Wildman–Crippen MR) is 101 cm³/mol. The summed E-state index contributed by atoms with van der Waals surface area (Å²) in [6, 6.07) is 8.53. The molecule has 7 nitrogen and oxygen atoms in total. The van der Waals surface area contributed by atoms with Crippen molar-refractivity contribution in [2.45, 2.75) is 19.4 Å². The first kappa shape index (κ1) is 18.1. The lowest BCUT2D eigenvalue weighted by Crippen LogP contribution is -2.43. The van der Waals surface area contributed by atoms with Crippen LogP contribution in [0.5, 0.6) is 11.5 Å². The Bertz CT molecular complexity index is 934. The predicted octanol–water partition coefficient (Wildman–Crippen LogP) is 2.83. The average Bonchev–Trinajstić information content (AvgIpc) is 3.04. The number of nitrogens with one attached hydrogen (secondary N) is 2. The molecule has 2 N–H and O–H groups in total. The lowest BCUT2D eigenvalue weighted by atomic mass is 10.2. The number of fused-ring (bicyclic) bond motifs is 1. The summed E-state index contributed by atoms with van der Waals surface area (Å²) < 4.78 is 24.4. The van der Waals surface area contributed by atoms with E-state index in [1.165, 1.54) is 6.07 Å². The number of halogens is 1. The fourth-order valence-corrected chi connectivity index (χ4v) is 3.31. The third kappa shape index (κ3) is 3.58. The molecule has 8 heteroatoms. The third-order valence-electron chi connectivity index (χ3n) is 4.76. The van der Waals surface area contributed by atoms with Gasteiger partial charge in [0, 0.05) is 24.0 Å². The van der Waals surface area contributed by atoms with Gasteiger partial charge >= 0.3 is 6.03 Å². The van der Waals surface area contributed by atoms with Crippen LogP contribution in [0.4, 0.5) is 20.6 Å². The van der Waals surface area contributed by atoms with Gasteiger partial charge in [-0.1, -0.05) is 0 Å². The van der Waals surface area contributed by atoms with E-state index < -0.39 is 12.1 Å². The van der Waals surface area contributed by atoms with Crippen LogP contribution in [-0.4, -0.2) is 37.7 Å². The molecule has 2 aliphatic heterocycles. The van der Waals surface area contributed by atoms with Crippen LogP contribution in [-0.2, 0) is 4.79 Å². The first-order valence-corrected chi connectivity index (χ1v) is 9.06. The summed E-state index contributed by atoms with van der Waals surface area (Å²) in [6.07, 6.45) is 0.476. The molecule has 28 heavy (non-hydrogen) atoms. The van der Waals surface area contributed by atoms with Crippen molar-refractivity contribution in [1.29, 1.82) is 0 Å². The highest BCUT2D eigenvalue weighted by atomic mass is 19.1. The van der Waals surface area contributed by atoms with Gasteiger partial charge in [0.05, 0.1) is 0 Å². The van der Waals surface area contributed by atoms with Crippen LogP contribution in [0.2, 0.25) is 0 Å². The van der Waals surface area contributed by atoms with Crippen LogP contribution in [0.1, 0.15) is 12.0 Å². The number of ether oxygens (including phenoxy) is 2. The molecule has 1 saturated heterocycles. The minimum atomic E-state index is -0.637. The Morgan fingerprint density at radius 1 is 1.14 bits per heavy atom. The SMILES string of the molecule is Cc1cc(N2CCC(NC(=O)Nc3ccc4c(c3)OCCO4)C2=O)ccc1F. The summed E-state index contributed by atoms with van der Waals surface area (Å²) in [5, 5.41) is 5.40. The van der Waals surface area contributed by atoms with Gasteiger partial charge in [-0.15, -0.1) is 0 Å². The number of carbonyl (C=O) groups is 2. The van der Waals surface area contributed by atoms with Crippen molar-refractivity contribution in [3.8, 4) is 11.5 Å². The van der Waals surface area contributed by atoms with Crippen molar-refractivity contribution in [2.24, 2.45) is 0 Å². The van der Waals surface area contributed by atoms with E-state index in [9.17, 15) is 14.0 Å². The van der Waals surface area contributed by atoms with Gasteiger partial charge in [0.1, 0.15) is 25.1 Å². The maximum Gasteiger partial charge on any atom is 0.319 e. The molecule has 2 aromatic rings. The van der Waals surface area contributed by atoms with Crippen molar-refractivity contribution < 1.29 is 23.5 Å². The maximum absolute atomic E-state index is 13.5. The van der Waals surface area contributed by atoms with Crippen LogP contribution in [0.15, 0.2) is 36.4 Å². The molecule has 1 atom stereocenters. The van der Waals surface area contributed by atoms with Gasteiger partial charge in [0.15, 0.2) is 11.5 Å². The topological polar surface area (TPSA) is 79.9 Å². The summed E-state index contributed by atoms with van der Waals surface area (Å²) in [5.74, 6) is 0.666. The molecule has 146 valence electrons. The quantitative estimate of drug-likeness (QED) is 0.852. The smallest absolute Gasteiger partial charge is 0.319 e. The lowest BCUT2D eigenvalue weighted by Gasteiger charge is -2.20. The van der Waals surface area contributed by atoms with Crippen molar-refractivity contribution >= 4 is 23.3 Å². The Morgan fingerprint density at radius 2 is 1.93 bits per heavy atom. The highest BCUT2D eigenvalue weighted by Gasteiger charge is 2.33. The van der Waals surface area contributed by atoms with Gasteiger partial charge < -0.3 is 25.0 Å². The second-order valence-electron chi connectivity index (χ2n) is 6.72. The van der Waals surface area contributed by atoms with Gasteiger partial charge in [0.2, 0.25) is 5.91 Å². The van der Waals surface area contributed by atoms with E-state index in [0.29, 0.717) is 54.6 Å². The number of nitrogens with zero attached hydrogens (tertiary/aromatic N) is 1. The van der Waals surface area contributed by atoms with E-state index in [1.54, 1.807) is 42.2 Å². The maximum atomic E-state index is 13.5. The van der Waals surface area contributed by atoms with Crippen LogP contribution < -0.4 is 25.0 Å². The third-order valence-corrected chi connectivity index (χ3v) is 4.76. The molecular weight excluding hydrogens is 365 g/mol. The lowest BCUT2D eigenvalue weighted by molar-refractivity contribution is -0.118. The summed E-state index contributed by atoms with van der Waals surface area (Å²) in [4.78, 5) is 26.5. The number of anilines is 2. The minimum Gasteiger partial charge on any atom is -0.486 e. The zero-order valence-electron chi connectivity index (χ0n) is 15.3. The summed E-state index contributed by atoms with van der Waals surface area (Å²) in [5.41, 5.74) is 1.64. The van der Waals surface area contributed by atoms with Gasteiger partial charge in [-0.25, -0.2) is 9.18 Å². The summed E-state index contributed by atoms with van der Waals surface area (Å²) in [7, 11) is 0. The Morgan fingerprint density at radius 3 is 2.71 bits per heavy atom. The van der Waals surface area contributed by atoms with Gasteiger partial charge in [0.25, 0.3) is 0 Å². The van der Waals surface area contributed by atoms with E-state index in [4.69, 9.17) is 9.47 Å². The molecule has 1 unspecified atom stereocenters. The normalized spacial score (nSPS) is 18.1. The van der Waals surface area contributed by atoms with Crippen LogP contribution in [0.25, 0.3) is 0 Å². The highest BCUT2D eigenvalue weighted by Crippen LogP contribution is 2.32. The Labute approximate surface area is 161 Å². The molecule has 0 aromatic heterocycles. The van der Waals surface area contributed by atoms with Crippen molar-refractivity contribution in [2.75, 3.05) is 30.0 Å². The number of urea groups is 1. The second-order valence-corrected chi connectivity index (χ2v) is 6.72. The number of amides is 3. The summed E-state index contributed by atoms with van der Waals surface area (Å²) in [6.45, 7) is 3.06. The van der Waals surface area contributed by atoms with E-state index in [2.05, 4.69) is 10.6 Å². The number of rotatable bonds is 3. The molecule has 0 radical (unpaired) electrons. The molecule has 0 saturated carbocycles. The molecule has 2 aromatic carbocycles. The van der Waals surface area contributed by atoms with E-state index >= 15 is 0 Å². The van der Waals surface area contributed by atoms with Crippen molar-refractivity contribution in [3.05, 3.63) is 47.8 Å². The number of aryl methyl sites for hydroxylation is 1. The number of hydrogen-bond acceptors (Lipinski definition) is 4. The zero-order valence-corrected chi connectivity index (χ0v) is 15.3. The Kier molecular flexibility index (Phi) is 4.77. The fraction of sp³-hybridized carbons (Fsp3) is 0.300. The van der Waals surface area contributed by atoms with Gasteiger partial charge in [-0.05, 0) is 49.2 Å². The Balaban J connectivity index is 1.38. The molecule has 4 rings (SSSR count). The standard InChI is InChI=1S/C20H20FN3O4/c1-12-10-14(3-4-15(12)21)24-7-6-16(19(24)25)23-20(26)22-13-2-5-17-18(11-13)28-9-8-27-17/h2-5,10-11,16H,6-9H2,1H3,(H2,22,23,26). The van der Waals surface area contributed by atoms with Gasteiger partial charge in [-0.3, -0.25) is 4.79 Å². The minimum absolute atomic E-state index is 0.219. The molecular formula is C20H20FN3O4. The molecule has 0 spiro atoms. The van der Waals surface area contributed by atoms with E-state index in [0.717, 1.165) is 0 Å². The van der Waals surface area contributed by atoms with Crippen LogP contribution in [0.3, 0.4) is 0 Å². The number of hydrogen-bond donors (Lipinski definition) is 2. The van der Waals surface area contributed by atoms with E-state index in [-0.39, 0.29) is 11.7 Å². The molecule has 3 amide bonds. The largest absolute Gasteiger partial charge is 0.486 e. The van der Waals surface area contributed by atoms with Crippen molar-refractivity contribution in [1.82, 2.24) is 5.32 Å². The monoisotopic (exact) mass is 385 g/mol. The zero-order chi connectivity index (χ0) is 19.7.